The Morgan fingerprint density at radius 3 is 3.17 bits per heavy atom. The molecule has 1 unspecified atom stereocenters. The van der Waals surface area contributed by atoms with Crippen molar-refractivity contribution < 1.29 is 9.53 Å². The van der Waals surface area contributed by atoms with Crippen LogP contribution >= 0.6 is 11.3 Å². The van der Waals surface area contributed by atoms with Gasteiger partial charge in [-0.1, -0.05) is 6.07 Å². The third kappa shape index (κ3) is 5.07. The van der Waals surface area contributed by atoms with Gasteiger partial charge in [0.1, 0.15) is 0 Å². The molecule has 2 aromatic rings. The standard InChI is InChI=1S/C17H24N4O2S/c22-17(18-7-3-9-21-10-4-8-19-21)20(13-15-5-1-11-23-15)14-16-6-2-12-24-16/h2,4,6,8,10,12,15H,1,3,5,7,9,11,13-14H2,(H,18,22). The van der Waals surface area contributed by atoms with Crippen molar-refractivity contribution in [1.29, 1.82) is 0 Å². The maximum absolute atomic E-state index is 12.6. The zero-order valence-corrected chi connectivity index (χ0v) is 14.6. The number of thiophene rings is 1. The molecule has 3 rings (SSSR count). The van der Waals surface area contributed by atoms with E-state index in [1.165, 1.54) is 4.88 Å². The molecule has 0 radical (unpaired) electrons. The van der Waals surface area contributed by atoms with Gasteiger partial charge in [0.15, 0.2) is 0 Å². The summed E-state index contributed by atoms with van der Waals surface area (Å²) in [6.45, 7) is 3.56. The number of nitrogens with one attached hydrogen (secondary N) is 1. The van der Waals surface area contributed by atoms with Crippen molar-refractivity contribution in [1.82, 2.24) is 20.0 Å². The first-order chi connectivity index (χ1) is 11.8. The predicted molar refractivity (Wildman–Crippen MR) is 93.9 cm³/mol. The van der Waals surface area contributed by atoms with Gasteiger partial charge < -0.3 is 15.0 Å². The molecule has 2 aromatic heterocycles. The van der Waals surface area contributed by atoms with E-state index in [1.54, 1.807) is 17.5 Å². The average Bonchev–Trinajstić information content (AvgIpc) is 3.33. The molecule has 3 heterocycles. The van der Waals surface area contributed by atoms with Crippen LogP contribution in [0, 0.1) is 0 Å². The summed E-state index contributed by atoms with van der Waals surface area (Å²) >= 11 is 1.68. The predicted octanol–water partition coefficient (Wildman–Crippen LogP) is 2.73. The van der Waals surface area contributed by atoms with Gasteiger partial charge in [-0.2, -0.15) is 5.10 Å². The maximum Gasteiger partial charge on any atom is 0.317 e. The van der Waals surface area contributed by atoms with Gasteiger partial charge in [-0.05, 0) is 36.8 Å². The first kappa shape index (κ1) is 17.0. The van der Waals surface area contributed by atoms with Gasteiger partial charge in [0, 0.05) is 43.5 Å². The summed E-state index contributed by atoms with van der Waals surface area (Å²) in [6, 6.07) is 5.98. The second-order valence-electron chi connectivity index (χ2n) is 5.95. The second-order valence-corrected chi connectivity index (χ2v) is 6.98. The minimum atomic E-state index is -0.0145. The molecule has 1 aliphatic rings. The molecule has 0 aromatic carbocycles. The van der Waals surface area contributed by atoms with Crippen molar-refractivity contribution in [3.8, 4) is 0 Å². The van der Waals surface area contributed by atoms with E-state index < -0.39 is 0 Å². The van der Waals surface area contributed by atoms with Gasteiger partial charge in [0.2, 0.25) is 0 Å². The number of amides is 2. The highest BCUT2D eigenvalue weighted by Crippen LogP contribution is 2.17. The van der Waals surface area contributed by atoms with Gasteiger partial charge in [0.25, 0.3) is 0 Å². The SMILES string of the molecule is O=C(NCCCn1cccn1)N(Cc1cccs1)CC1CCCO1. The van der Waals surface area contributed by atoms with E-state index in [1.807, 2.05) is 33.3 Å². The molecule has 0 aliphatic carbocycles. The highest BCUT2D eigenvalue weighted by molar-refractivity contribution is 7.09. The van der Waals surface area contributed by atoms with Gasteiger partial charge in [-0.25, -0.2) is 4.79 Å². The summed E-state index contributed by atoms with van der Waals surface area (Å²) in [4.78, 5) is 15.6. The molecule has 1 aliphatic heterocycles. The van der Waals surface area contributed by atoms with Crippen LogP contribution in [0.5, 0.6) is 0 Å². The lowest BCUT2D eigenvalue weighted by Gasteiger charge is -2.25. The average molecular weight is 348 g/mol. The van der Waals surface area contributed by atoms with Crippen molar-refractivity contribution in [3.63, 3.8) is 0 Å². The van der Waals surface area contributed by atoms with Crippen LogP contribution in [-0.4, -0.2) is 46.5 Å². The third-order valence-electron chi connectivity index (χ3n) is 4.06. The van der Waals surface area contributed by atoms with Crippen LogP contribution in [0.3, 0.4) is 0 Å². The number of hydrogen-bond acceptors (Lipinski definition) is 4. The number of aromatic nitrogens is 2. The summed E-state index contributed by atoms with van der Waals surface area (Å²) in [5, 5.41) is 9.23. The molecule has 24 heavy (non-hydrogen) atoms. The normalized spacial score (nSPS) is 17.1. The Bertz CT molecular complexity index is 594. The number of hydrogen-bond donors (Lipinski definition) is 1. The first-order valence-electron chi connectivity index (χ1n) is 8.45. The zero-order valence-electron chi connectivity index (χ0n) is 13.8. The molecule has 0 bridgehead atoms. The number of urea groups is 1. The number of carbonyl (C=O) groups excluding carboxylic acids is 1. The lowest BCUT2D eigenvalue weighted by atomic mass is 10.2. The molecule has 0 saturated carbocycles. The van der Waals surface area contributed by atoms with Gasteiger partial charge in [-0.3, -0.25) is 4.68 Å². The highest BCUT2D eigenvalue weighted by atomic mass is 32.1. The topological polar surface area (TPSA) is 59.4 Å². The maximum atomic E-state index is 12.6. The Hall–Kier alpha value is -1.86. The van der Waals surface area contributed by atoms with Crippen LogP contribution < -0.4 is 5.32 Å². The van der Waals surface area contributed by atoms with Crippen LogP contribution in [-0.2, 0) is 17.8 Å². The molecule has 1 atom stereocenters. The highest BCUT2D eigenvalue weighted by Gasteiger charge is 2.22. The molecular weight excluding hydrogens is 324 g/mol. The fourth-order valence-corrected chi connectivity index (χ4v) is 3.54. The lowest BCUT2D eigenvalue weighted by Crippen LogP contribution is -2.43. The third-order valence-corrected chi connectivity index (χ3v) is 4.92. The van der Waals surface area contributed by atoms with Crippen LogP contribution in [0.4, 0.5) is 4.79 Å². The fraction of sp³-hybridized carbons (Fsp3) is 0.529. The summed E-state index contributed by atoms with van der Waals surface area (Å²) in [5.74, 6) is 0. The number of nitrogens with zero attached hydrogens (tertiary/aromatic N) is 3. The molecule has 2 amide bonds. The summed E-state index contributed by atoms with van der Waals surface area (Å²) in [5.41, 5.74) is 0. The molecule has 0 spiro atoms. The van der Waals surface area contributed by atoms with Crippen molar-refractivity contribution in [2.45, 2.75) is 38.5 Å². The van der Waals surface area contributed by atoms with Gasteiger partial charge >= 0.3 is 6.03 Å². The number of rotatable bonds is 8. The van der Waals surface area contributed by atoms with Crippen molar-refractivity contribution in [2.75, 3.05) is 19.7 Å². The largest absolute Gasteiger partial charge is 0.376 e. The van der Waals surface area contributed by atoms with Crippen molar-refractivity contribution in [3.05, 3.63) is 40.8 Å². The molecule has 1 fully saturated rings. The molecule has 130 valence electrons. The van der Waals surface area contributed by atoms with E-state index in [0.717, 1.165) is 32.4 Å². The van der Waals surface area contributed by atoms with E-state index in [4.69, 9.17) is 4.74 Å². The number of aryl methyl sites for hydroxylation is 1. The van der Waals surface area contributed by atoms with E-state index in [-0.39, 0.29) is 12.1 Å². The smallest absolute Gasteiger partial charge is 0.317 e. The Balaban J connectivity index is 1.47. The van der Waals surface area contributed by atoms with Gasteiger partial charge in [0.05, 0.1) is 12.6 Å². The minimum Gasteiger partial charge on any atom is -0.376 e. The Kier molecular flexibility index (Phi) is 6.26. The Morgan fingerprint density at radius 1 is 1.50 bits per heavy atom. The van der Waals surface area contributed by atoms with Crippen LogP contribution in [0.25, 0.3) is 0 Å². The van der Waals surface area contributed by atoms with Crippen LogP contribution in [0.2, 0.25) is 0 Å². The molecule has 1 saturated heterocycles. The molecular formula is C17H24N4O2S. The minimum absolute atomic E-state index is 0.0145. The van der Waals surface area contributed by atoms with Crippen LogP contribution in [0.1, 0.15) is 24.1 Å². The molecule has 7 heteroatoms. The fourth-order valence-electron chi connectivity index (χ4n) is 2.82. The molecule has 1 N–H and O–H groups in total. The second kappa shape index (κ2) is 8.84. The number of carbonyl (C=O) groups is 1. The van der Waals surface area contributed by atoms with E-state index in [0.29, 0.717) is 19.6 Å². The zero-order chi connectivity index (χ0) is 16.6. The number of ether oxygens (including phenoxy) is 1. The first-order valence-corrected chi connectivity index (χ1v) is 9.33. The van der Waals surface area contributed by atoms with E-state index in [2.05, 4.69) is 16.5 Å². The monoisotopic (exact) mass is 348 g/mol. The van der Waals surface area contributed by atoms with E-state index >= 15 is 0 Å². The summed E-state index contributed by atoms with van der Waals surface area (Å²) in [6.07, 6.45) is 6.85. The van der Waals surface area contributed by atoms with E-state index in [9.17, 15) is 4.79 Å². The van der Waals surface area contributed by atoms with Crippen molar-refractivity contribution >= 4 is 17.4 Å². The molecule has 6 nitrogen and oxygen atoms in total. The van der Waals surface area contributed by atoms with Crippen molar-refractivity contribution in [2.24, 2.45) is 0 Å². The summed E-state index contributed by atoms with van der Waals surface area (Å²) in [7, 11) is 0. The Morgan fingerprint density at radius 2 is 2.46 bits per heavy atom. The summed E-state index contributed by atoms with van der Waals surface area (Å²) < 4.78 is 7.57. The quantitative estimate of drug-likeness (QED) is 0.746. The Labute approximate surface area is 146 Å². The lowest BCUT2D eigenvalue weighted by molar-refractivity contribution is 0.0797. The van der Waals surface area contributed by atoms with Gasteiger partial charge in [-0.15, -0.1) is 11.3 Å². The van der Waals surface area contributed by atoms with Crippen LogP contribution in [0.15, 0.2) is 36.0 Å².